The molecule has 0 radical (unpaired) electrons. The van der Waals surface area contributed by atoms with Gasteiger partial charge in [0.15, 0.2) is 11.6 Å². The highest BCUT2D eigenvalue weighted by Crippen LogP contribution is 2.21. The minimum Gasteiger partial charge on any atom is -0.453 e. The highest BCUT2D eigenvalue weighted by Gasteiger charge is 2.14. The average Bonchev–Trinajstić information content (AvgIpc) is 2.67. The van der Waals surface area contributed by atoms with Gasteiger partial charge in [-0.3, -0.25) is 4.99 Å². The van der Waals surface area contributed by atoms with Gasteiger partial charge < -0.3 is 9.84 Å². The van der Waals surface area contributed by atoms with Crippen molar-refractivity contribution in [2.75, 3.05) is 0 Å². The number of furan rings is 1. The maximum Gasteiger partial charge on any atom is 0.179 e. The molecule has 4 nitrogen and oxygen atoms in total. The van der Waals surface area contributed by atoms with Crippen molar-refractivity contribution in [3.05, 3.63) is 35.6 Å². The predicted molar refractivity (Wildman–Crippen MR) is 74.6 cm³/mol. The highest BCUT2D eigenvalue weighted by molar-refractivity contribution is 5.99. The van der Waals surface area contributed by atoms with E-state index in [1.165, 1.54) is 5.56 Å². The van der Waals surface area contributed by atoms with Crippen LogP contribution in [0.4, 0.5) is 0 Å². The van der Waals surface area contributed by atoms with E-state index in [2.05, 4.69) is 23.4 Å². The summed E-state index contributed by atoms with van der Waals surface area (Å²) < 4.78 is 5.75. The molecule has 0 atom stereocenters. The molecule has 0 saturated heterocycles. The van der Waals surface area contributed by atoms with Crippen LogP contribution in [0.2, 0.25) is 0 Å². The largest absolute Gasteiger partial charge is 0.453 e. The van der Waals surface area contributed by atoms with Gasteiger partial charge in [0.1, 0.15) is 5.58 Å². The van der Waals surface area contributed by atoms with E-state index >= 15 is 0 Å². The third-order valence-corrected chi connectivity index (χ3v) is 2.49. The summed E-state index contributed by atoms with van der Waals surface area (Å²) in [5, 5.41) is 1.06. The summed E-state index contributed by atoms with van der Waals surface area (Å²) in [6.07, 6.45) is 0. The Morgan fingerprint density at radius 3 is 2.61 bits per heavy atom. The molecule has 3 N–H and O–H groups in total. The van der Waals surface area contributed by atoms with Crippen LogP contribution in [0.5, 0.6) is 0 Å². The fourth-order valence-electron chi connectivity index (χ4n) is 1.77. The van der Waals surface area contributed by atoms with Crippen LogP contribution < -0.4 is 11.3 Å². The van der Waals surface area contributed by atoms with Crippen LogP contribution in [-0.2, 0) is 0 Å². The number of aliphatic imine (C=N–C) groups is 1. The zero-order chi connectivity index (χ0) is 13.3. The predicted octanol–water partition coefficient (Wildman–Crippen LogP) is 2.75. The lowest BCUT2D eigenvalue weighted by atomic mass is 10.1. The van der Waals surface area contributed by atoms with Crippen molar-refractivity contribution in [3.8, 4) is 0 Å². The minimum absolute atomic E-state index is 0.212. The topological polar surface area (TPSA) is 63.5 Å². The van der Waals surface area contributed by atoms with E-state index in [0.29, 0.717) is 11.6 Å². The normalized spacial score (nSPS) is 13.1. The molecule has 1 aromatic heterocycles. The number of benzene rings is 1. The van der Waals surface area contributed by atoms with Crippen molar-refractivity contribution in [2.45, 2.75) is 33.2 Å². The Morgan fingerprint density at radius 1 is 1.28 bits per heavy atom. The maximum absolute atomic E-state index is 5.75. The third kappa shape index (κ3) is 2.71. The van der Waals surface area contributed by atoms with E-state index < -0.39 is 0 Å². The second-order valence-corrected chi connectivity index (χ2v) is 5.43. The first-order chi connectivity index (χ1) is 8.39. The molecule has 2 rings (SSSR count). The van der Waals surface area contributed by atoms with Crippen molar-refractivity contribution in [1.82, 2.24) is 5.43 Å². The monoisotopic (exact) mass is 245 g/mol. The minimum atomic E-state index is -0.212. The first-order valence-corrected chi connectivity index (χ1v) is 5.96. The molecule has 2 aromatic rings. The molecule has 0 fully saturated rings. The van der Waals surface area contributed by atoms with E-state index in [0.717, 1.165) is 11.0 Å². The molecule has 0 spiro atoms. The summed E-state index contributed by atoms with van der Waals surface area (Å²) in [4.78, 5) is 4.50. The van der Waals surface area contributed by atoms with Crippen molar-refractivity contribution < 1.29 is 4.42 Å². The lowest BCUT2D eigenvalue weighted by Gasteiger charge is -2.14. The van der Waals surface area contributed by atoms with E-state index in [-0.39, 0.29) is 5.54 Å². The third-order valence-electron chi connectivity index (χ3n) is 2.49. The molecule has 0 unspecified atom stereocenters. The number of hydrazine groups is 1. The number of hydrogen-bond donors (Lipinski definition) is 2. The fourth-order valence-corrected chi connectivity index (χ4v) is 1.77. The van der Waals surface area contributed by atoms with Gasteiger partial charge in [0.25, 0.3) is 0 Å². The zero-order valence-corrected chi connectivity index (χ0v) is 11.2. The molecule has 4 heteroatoms. The van der Waals surface area contributed by atoms with Crippen LogP contribution >= 0.6 is 0 Å². The first kappa shape index (κ1) is 12.6. The number of fused-ring (bicyclic) bond motifs is 1. The fraction of sp³-hybridized carbons (Fsp3) is 0.357. The summed E-state index contributed by atoms with van der Waals surface area (Å²) >= 11 is 0. The Hall–Kier alpha value is -1.81. The Morgan fingerprint density at radius 2 is 2.00 bits per heavy atom. The molecule has 0 saturated carbocycles. The molecule has 1 aromatic carbocycles. The molecule has 0 bridgehead atoms. The van der Waals surface area contributed by atoms with Crippen LogP contribution in [0.3, 0.4) is 0 Å². The lowest BCUT2D eigenvalue weighted by molar-refractivity contribution is 0.564. The van der Waals surface area contributed by atoms with Crippen LogP contribution in [0.1, 0.15) is 32.1 Å². The van der Waals surface area contributed by atoms with Gasteiger partial charge in [0, 0.05) is 5.39 Å². The Bertz CT molecular complexity index is 591. The van der Waals surface area contributed by atoms with Crippen LogP contribution in [-0.4, -0.2) is 11.4 Å². The van der Waals surface area contributed by atoms with Gasteiger partial charge in [-0.25, -0.2) is 5.84 Å². The average molecular weight is 245 g/mol. The number of nitrogens with two attached hydrogens (primary N) is 1. The summed E-state index contributed by atoms with van der Waals surface area (Å²) in [5.74, 6) is 6.75. The van der Waals surface area contributed by atoms with Gasteiger partial charge in [0.05, 0.1) is 5.54 Å². The number of rotatable bonds is 1. The first-order valence-electron chi connectivity index (χ1n) is 5.96. The molecular weight excluding hydrogens is 226 g/mol. The molecule has 1 heterocycles. The van der Waals surface area contributed by atoms with E-state index in [4.69, 9.17) is 10.3 Å². The zero-order valence-electron chi connectivity index (χ0n) is 11.2. The van der Waals surface area contributed by atoms with Gasteiger partial charge in [-0.05, 0) is 45.9 Å². The van der Waals surface area contributed by atoms with E-state index in [1.54, 1.807) is 0 Å². The van der Waals surface area contributed by atoms with Crippen LogP contribution in [0.15, 0.2) is 33.7 Å². The number of aryl methyl sites for hydroxylation is 1. The van der Waals surface area contributed by atoms with Gasteiger partial charge in [-0.15, -0.1) is 0 Å². The Kier molecular flexibility index (Phi) is 3.13. The molecule has 0 amide bonds. The van der Waals surface area contributed by atoms with E-state index in [1.807, 2.05) is 39.0 Å². The number of nitrogens with one attached hydrogen (secondary N) is 1. The van der Waals surface area contributed by atoms with Crippen LogP contribution in [0.25, 0.3) is 11.0 Å². The van der Waals surface area contributed by atoms with Crippen molar-refractivity contribution in [2.24, 2.45) is 10.8 Å². The number of amidine groups is 1. The van der Waals surface area contributed by atoms with Crippen molar-refractivity contribution >= 4 is 16.8 Å². The molecular formula is C14H19N3O. The maximum atomic E-state index is 5.75. The Balaban J connectivity index is 2.49. The molecule has 0 aliphatic carbocycles. The Labute approximate surface area is 107 Å². The smallest absolute Gasteiger partial charge is 0.179 e. The summed E-state index contributed by atoms with van der Waals surface area (Å²) in [5.41, 5.74) is 4.43. The van der Waals surface area contributed by atoms with Crippen LogP contribution in [0, 0.1) is 6.92 Å². The van der Waals surface area contributed by atoms with Crippen molar-refractivity contribution in [1.29, 1.82) is 0 Å². The SMILES string of the molecule is Cc1ccc2oc(C(=NC(C)(C)C)NN)cc2c1. The molecule has 18 heavy (non-hydrogen) atoms. The summed E-state index contributed by atoms with van der Waals surface area (Å²) in [6.45, 7) is 8.09. The van der Waals surface area contributed by atoms with Gasteiger partial charge in [-0.1, -0.05) is 11.6 Å². The second kappa shape index (κ2) is 4.46. The second-order valence-electron chi connectivity index (χ2n) is 5.43. The number of nitrogens with zero attached hydrogens (tertiary/aromatic N) is 1. The van der Waals surface area contributed by atoms with Gasteiger partial charge in [0.2, 0.25) is 0 Å². The molecule has 96 valence electrons. The van der Waals surface area contributed by atoms with Gasteiger partial charge in [-0.2, -0.15) is 0 Å². The highest BCUT2D eigenvalue weighted by atomic mass is 16.3. The summed E-state index contributed by atoms with van der Waals surface area (Å²) in [6, 6.07) is 8.01. The van der Waals surface area contributed by atoms with Gasteiger partial charge >= 0.3 is 0 Å². The quantitative estimate of drug-likeness (QED) is 0.351. The summed E-state index contributed by atoms with van der Waals surface area (Å²) in [7, 11) is 0. The molecule has 0 aliphatic heterocycles. The van der Waals surface area contributed by atoms with E-state index in [9.17, 15) is 0 Å². The molecule has 0 aliphatic rings. The number of hydrogen-bond acceptors (Lipinski definition) is 3. The lowest BCUT2D eigenvalue weighted by Crippen LogP contribution is -2.33. The standard InChI is InChI=1S/C14H19N3O/c1-9-5-6-11-10(7-9)8-12(18-11)13(17-15)16-14(2,3)4/h5-8H,15H2,1-4H3,(H,16,17). The van der Waals surface area contributed by atoms with Crippen molar-refractivity contribution in [3.63, 3.8) is 0 Å².